The highest BCUT2D eigenvalue weighted by Gasteiger charge is 2.13. The largest absolute Gasteiger partial charge is 0.386 e. The molecule has 0 aliphatic heterocycles. The number of hydrogen-bond donors (Lipinski definition) is 1. The van der Waals surface area contributed by atoms with E-state index in [0.29, 0.717) is 5.75 Å². The molecule has 14 heavy (non-hydrogen) atoms. The summed E-state index contributed by atoms with van der Waals surface area (Å²) in [5.41, 5.74) is 0.827. The molecule has 1 aromatic heterocycles. The van der Waals surface area contributed by atoms with Gasteiger partial charge >= 0.3 is 0 Å². The molecule has 80 valence electrons. The predicted molar refractivity (Wildman–Crippen MR) is 58.3 cm³/mol. The highest BCUT2D eigenvalue weighted by atomic mass is 32.2. The third-order valence-corrected chi connectivity index (χ3v) is 2.86. The normalized spacial score (nSPS) is 13.1. The lowest BCUT2D eigenvalue weighted by Crippen LogP contribution is -2.10. The summed E-state index contributed by atoms with van der Waals surface area (Å²) in [6.45, 7) is 4.99. The third-order valence-electron chi connectivity index (χ3n) is 1.90. The molecule has 1 aromatic rings. The predicted octanol–water partition coefficient (Wildman–Crippen LogP) is 1.47. The molecule has 1 N–H and O–H groups in total. The number of aromatic nitrogens is 3. The van der Waals surface area contributed by atoms with Gasteiger partial charge in [0.2, 0.25) is 0 Å². The van der Waals surface area contributed by atoms with Crippen LogP contribution in [0, 0.1) is 0 Å². The van der Waals surface area contributed by atoms with Gasteiger partial charge in [-0.25, -0.2) is 4.68 Å². The Labute approximate surface area is 88.7 Å². The van der Waals surface area contributed by atoms with Crippen LogP contribution in [-0.2, 0) is 6.54 Å². The topological polar surface area (TPSA) is 50.9 Å². The molecule has 0 radical (unpaired) electrons. The average molecular weight is 215 g/mol. The summed E-state index contributed by atoms with van der Waals surface area (Å²) in [7, 11) is 0. The number of thioether (sulfide) groups is 1. The number of aryl methyl sites for hydroxylation is 1. The Morgan fingerprint density at radius 2 is 2.36 bits per heavy atom. The monoisotopic (exact) mass is 215 g/mol. The summed E-state index contributed by atoms with van der Waals surface area (Å²) in [5.74, 6) is 1.74. The van der Waals surface area contributed by atoms with Gasteiger partial charge in [0.25, 0.3) is 0 Å². The summed E-state index contributed by atoms with van der Waals surface area (Å²) in [6, 6.07) is 0. The van der Waals surface area contributed by atoms with Gasteiger partial charge < -0.3 is 5.11 Å². The lowest BCUT2D eigenvalue weighted by Gasteiger charge is -2.10. The van der Waals surface area contributed by atoms with E-state index in [1.165, 1.54) is 0 Å². The second-order valence-electron chi connectivity index (χ2n) is 3.06. The van der Waals surface area contributed by atoms with Gasteiger partial charge in [0.15, 0.2) is 0 Å². The number of hydrogen-bond acceptors (Lipinski definition) is 4. The van der Waals surface area contributed by atoms with Gasteiger partial charge in [-0.15, -0.1) is 5.10 Å². The van der Waals surface area contributed by atoms with Crippen molar-refractivity contribution in [1.29, 1.82) is 0 Å². The molecule has 0 aliphatic rings. The van der Waals surface area contributed by atoms with E-state index >= 15 is 0 Å². The van der Waals surface area contributed by atoms with Crippen molar-refractivity contribution in [3.8, 4) is 0 Å². The van der Waals surface area contributed by atoms with E-state index in [1.807, 2.05) is 0 Å². The molecule has 0 fully saturated rings. The first kappa shape index (κ1) is 11.5. The quantitative estimate of drug-likeness (QED) is 0.781. The smallest absolute Gasteiger partial charge is 0.106 e. The Kier molecular flexibility index (Phi) is 4.97. The van der Waals surface area contributed by atoms with Gasteiger partial charge in [0.1, 0.15) is 6.10 Å². The summed E-state index contributed by atoms with van der Waals surface area (Å²) < 4.78 is 1.78. The summed E-state index contributed by atoms with van der Waals surface area (Å²) in [4.78, 5) is 0. The Hall–Kier alpha value is -0.550. The maximum absolute atomic E-state index is 9.83. The molecular weight excluding hydrogens is 198 g/mol. The van der Waals surface area contributed by atoms with E-state index in [-0.39, 0.29) is 0 Å². The number of aliphatic hydroxyl groups excluding tert-OH is 1. The van der Waals surface area contributed by atoms with Crippen molar-refractivity contribution in [1.82, 2.24) is 15.0 Å². The minimum Gasteiger partial charge on any atom is -0.386 e. The fourth-order valence-electron chi connectivity index (χ4n) is 1.22. The molecule has 1 atom stereocenters. The van der Waals surface area contributed by atoms with Gasteiger partial charge in [0.05, 0.1) is 11.9 Å². The minimum absolute atomic E-state index is 0.443. The zero-order chi connectivity index (χ0) is 10.4. The second-order valence-corrected chi connectivity index (χ2v) is 4.38. The molecule has 0 aromatic carbocycles. The molecule has 1 heterocycles. The highest BCUT2D eigenvalue weighted by molar-refractivity contribution is 7.99. The minimum atomic E-state index is -0.443. The number of nitrogens with zero attached hydrogens (tertiary/aromatic N) is 3. The molecule has 0 saturated carbocycles. The molecule has 0 bridgehead atoms. The van der Waals surface area contributed by atoms with Crippen molar-refractivity contribution in [3.63, 3.8) is 0 Å². The Morgan fingerprint density at radius 3 is 3.00 bits per heavy atom. The summed E-state index contributed by atoms with van der Waals surface area (Å²) >= 11 is 1.72. The number of rotatable bonds is 6. The molecule has 0 amide bonds. The van der Waals surface area contributed by atoms with E-state index in [4.69, 9.17) is 0 Å². The van der Waals surface area contributed by atoms with Crippen molar-refractivity contribution in [2.45, 2.75) is 32.9 Å². The van der Waals surface area contributed by atoms with Crippen LogP contribution in [0.3, 0.4) is 0 Å². The van der Waals surface area contributed by atoms with Crippen LogP contribution in [-0.4, -0.2) is 31.6 Å². The maximum atomic E-state index is 9.83. The molecular formula is C9H17N3OS. The van der Waals surface area contributed by atoms with Crippen molar-refractivity contribution in [2.75, 3.05) is 11.5 Å². The van der Waals surface area contributed by atoms with E-state index < -0.39 is 6.10 Å². The SMILES string of the molecule is CCCn1nncc1C(O)CSCC. The fraction of sp³-hybridized carbons (Fsp3) is 0.778. The van der Waals surface area contributed by atoms with Crippen LogP contribution in [0.1, 0.15) is 32.1 Å². The first-order valence-electron chi connectivity index (χ1n) is 4.93. The molecule has 1 rings (SSSR count). The zero-order valence-electron chi connectivity index (χ0n) is 8.68. The fourth-order valence-corrected chi connectivity index (χ4v) is 1.85. The van der Waals surface area contributed by atoms with Crippen LogP contribution in [0.4, 0.5) is 0 Å². The van der Waals surface area contributed by atoms with E-state index in [9.17, 15) is 5.11 Å². The van der Waals surface area contributed by atoms with Crippen LogP contribution < -0.4 is 0 Å². The maximum Gasteiger partial charge on any atom is 0.106 e. The van der Waals surface area contributed by atoms with E-state index in [0.717, 1.165) is 24.4 Å². The molecule has 0 aliphatic carbocycles. The van der Waals surface area contributed by atoms with Gasteiger partial charge in [0, 0.05) is 12.3 Å². The Morgan fingerprint density at radius 1 is 1.57 bits per heavy atom. The standard InChI is InChI=1S/C9H17N3OS/c1-3-5-12-8(6-10-11-12)9(13)7-14-4-2/h6,9,13H,3-5,7H2,1-2H3. The highest BCUT2D eigenvalue weighted by Crippen LogP contribution is 2.16. The van der Waals surface area contributed by atoms with Gasteiger partial charge in [-0.3, -0.25) is 0 Å². The first-order chi connectivity index (χ1) is 6.79. The summed E-state index contributed by atoms with van der Waals surface area (Å²) in [6.07, 6.45) is 2.21. The van der Waals surface area contributed by atoms with Gasteiger partial charge in [-0.05, 0) is 12.2 Å². The molecule has 1 unspecified atom stereocenters. The Balaban J connectivity index is 2.58. The summed E-state index contributed by atoms with van der Waals surface area (Å²) in [5, 5.41) is 17.6. The van der Waals surface area contributed by atoms with Crippen LogP contribution >= 0.6 is 11.8 Å². The van der Waals surface area contributed by atoms with Crippen LogP contribution in [0.15, 0.2) is 6.20 Å². The van der Waals surface area contributed by atoms with E-state index in [1.54, 1.807) is 22.6 Å². The lowest BCUT2D eigenvalue weighted by atomic mass is 10.3. The van der Waals surface area contributed by atoms with Crippen LogP contribution in [0.5, 0.6) is 0 Å². The van der Waals surface area contributed by atoms with Crippen LogP contribution in [0.25, 0.3) is 0 Å². The lowest BCUT2D eigenvalue weighted by molar-refractivity contribution is 0.191. The molecule has 5 heteroatoms. The van der Waals surface area contributed by atoms with Crippen molar-refractivity contribution in [2.24, 2.45) is 0 Å². The Bertz CT molecular complexity index is 264. The van der Waals surface area contributed by atoms with E-state index in [2.05, 4.69) is 24.2 Å². The first-order valence-corrected chi connectivity index (χ1v) is 6.09. The molecule has 0 spiro atoms. The molecule has 0 saturated heterocycles. The number of aliphatic hydroxyl groups is 1. The van der Waals surface area contributed by atoms with Crippen molar-refractivity contribution >= 4 is 11.8 Å². The van der Waals surface area contributed by atoms with Gasteiger partial charge in [-0.1, -0.05) is 19.1 Å². The average Bonchev–Trinajstić information content (AvgIpc) is 2.63. The zero-order valence-corrected chi connectivity index (χ0v) is 9.50. The van der Waals surface area contributed by atoms with Crippen molar-refractivity contribution in [3.05, 3.63) is 11.9 Å². The van der Waals surface area contributed by atoms with Crippen LogP contribution in [0.2, 0.25) is 0 Å². The second kappa shape index (κ2) is 6.03. The van der Waals surface area contributed by atoms with Crippen molar-refractivity contribution < 1.29 is 5.11 Å². The molecule has 4 nitrogen and oxygen atoms in total. The van der Waals surface area contributed by atoms with Gasteiger partial charge in [-0.2, -0.15) is 11.8 Å². The third kappa shape index (κ3) is 2.99.